The van der Waals surface area contributed by atoms with E-state index in [2.05, 4.69) is 38.1 Å². The SMILES string of the molecule is c1ccc2c(c1)nnn2CN(C1CCCCC1)C1CCCCC1. The lowest BCUT2D eigenvalue weighted by Crippen LogP contribution is -2.46. The summed E-state index contributed by atoms with van der Waals surface area (Å²) in [6.45, 7) is 0.913. The molecular weight excluding hydrogens is 284 g/mol. The van der Waals surface area contributed by atoms with Crippen LogP contribution in [0.2, 0.25) is 0 Å². The lowest BCUT2D eigenvalue weighted by atomic mass is 9.89. The molecule has 0 aliphatic heterocycles. The van der Waals surface area contributed by atoms with E-state index in [4.69, 9.17) is 0 Å². The summed E-state index contributed by atoms with van der Waals surface area (Å²) < 4.78 is 2.12. The molecular formula is C19H28N4. The number of hydrogen-bond donors (Lipinski definition) is 0. The summed E-state index contributed by atoms with van der Waals surface area (Å²) >= 11 is 0. The molecule has 1 aromatic heterocycles. The van der Waals surface area contributed by atoms with E-state index in [9.17, 15) is 0 Å². The molecule has 0 amide bonds. The number of aromatic nitrogens is 3. The Hall–Kier alpha value is -1.42. The first kappa shape index (κ1) is 15.1. The minimum atomic E-state index is 0.745. The standard InChI is InChI=1S/C19H28N4/c1-3-9-16(10-4-1)22(17-11-5-2-6-12-17)15-23-19-14-8-7-13-18(19)20-21-23/h7-8,13-14,16-17H,1-6,9-12,15H2. The quantitative estimate of drug-likeness (QED) is 0.841. The molecule has 4 nitrogen and oxygen atoms in total. The van der Waals surface area contributed by atoms with Gasteiger partial charge in [-0.2, -0.15) is 0 Å². The number of nitrogens with zero attached hydrogens (tertiary/aromatic N) is 4. The molecule has 124 valence electrons. The van der Waals surface area contributed by atoms with Crippen LogP contribution in [0.1, 0.15) is 64.2 Å². The highest BCUT2D eigenvalue weighted by atomic mass is 15.5. The normalized spacial score (nSPS) is 21.3. The average molecular weight is 312 g/mol. The number of fused-ring (bicyclic) bond motifs is 1. The highest BCUT2D eigenvalue weighted by molar-refractivity contribution is 5.73. The largest absolute Gasteiger partial charge is 0.278 e. The van der Waals surface area contributed by atoms with Crippen molar-refractivity contribution in [2.24, 2.45) is 0 Å². The minimum Gasteiger partial charge on any atom is -0.278 e. The van der Waals surface area contributed by atoms with Gasteiger partial charge >= 0.3 is 0 Å². The monoisotopic (exact) mass is 312 g/mol. The number of rotatable bonds is 4. The van der Waals surface area contributed by atoms with Crippen LogP contribution in [0.5, 0.6) is 0 Å². The van der Waals surface area contributed by atoms with Crippen molar-refractivity contribution in [2.75, 3.05) is 0 Å². The van der Waals surface area contributed by atoms with E-state index >= 15 is 0 Å². The van der Waals surface area contributed by atoms with Gasteiger partial charge in [0.2, 0.25) is 0 Å². The third-order valence-corrected chi connectivity index (χ3v) is 5.80. The zero-order valence-corrected chi connectivity index (χ0v) is 14.0. The van der Waals surface area contributed by atoms with E-state index in [-0.39, 0.29) is 0 Å². The Morgan fingerprint density at radius 1 is 0.870 bits per heavy atom. The summed E-state index contributed by atoms with van der Waals surface area (Å²) in [6, 6.07) is 9.83. The summed E-state index contributed by atoms with van der Waals surface area (Å²) in [7, 11) is 0. The van der Waals surface area contributed by atoms with Gasteiger partial charge in [0.1, 0.15) is 5.52 Å². The highest BCUT2D eigenvalue weighted by Crippen LogP contribution is 2.30. The Balaban J connectivity index is 1.58. The summed E-state index contributed by atoms with van der Waals surface area (Å²) in [4.78, 5) is 2.78. The third kappa shape index (κ3) is 3.27. The summed E-state index contributed by atoms with van der Waals surface area (Å²) in [5, 5.41) is 8.80. The van der Waals surface area contributed by atoms with Gasteiger partial charge in [-0.3, -0.25) is 4.90 Å². The van der Waals surface area contributed by atoms with Crippen LogP contribution in [-0.4, -0.2) is 32.0 Å². The molecule has 0 bridgehead atoms. The van der Waals surface area contributed by atoms with Crippen LogP contribution >= 0.6 is 0 Å². The number of para-hydroxylation sites is 1. The van der Waals surface area contributed by atoms with Crippen molar-refractivity contribution in [3.8, 4) is 0 Å². The first-order valence-electron chi connectivity index (χ1n) is 9.46. The Morgan fingerprint density at radius 3 is 2.13 bits per heavy atom. The van der Waals surface area contributed by atoms with Crippen molar-refractivity contribution in [3.05, 3.63) is 24.3 Å². The second-order valence-corrected chi connectivity index (χ2v) is 7.32. The molecule has 0 saturated heterocycles. The maximum atomic E-state index is 4.45. The Bertz CT molecular complexity index is 605. The molecule has 4 heteroatoms. The fourth-order valence-electron chi connectivity index (χ4n) is 4.53. The molecule has 4 rings (SSSR count). The predicted molar refractivity (Wildman–Crippen MR) is 93.1 cm³/mol. The van der Waals surface area contributed by atoms with Crippen molar-refractivity contribution in [2.45, 2.75) is 83.0 Å². The van der Waals surface area contributed by atoms with E-state index in [0.29, 0.717) is 0 Å². The zero-order chi connectivity index (χ0) is 15.5. The van der Waals surface area contributed by atoms with Crippen LogP contribution in [0.15, 0.2) is 24.3 Å². The molecule has 2 aliphatic rings. The van der Waals surface area contributed by atoms with Crippen molar-refractivity contribution in [3.63, 3.8) is 0 Å². The van der Waals surface area contributed by atoms with Gasteiger partial charge in [-0.1, -0.05) is 55.9 Å². The summed E-state index contributed by atoms with van der Waals surface area (Å²) in [5.74, 6) is 0. The second kappa shape index (κ2) is 7.00. The van der Waals surface area contributed by atoms with Crippen LogP contribution in [0, 0.1) is 0 Å². The van der Waals surface area contributed by atoms with E-state index < -0.39 is 0 Å². The first-order valence-corrected chi connectivity index (χ1v) is 9.46. The Morgan fingerprint density at radius 2 is 1.48 bits per heavy atom. The van der Waals surface area contributed by atoms with Gasteiger partial charge in [0.25, 0.3) is 0 Å². The molecule has 0 unspecified atom stereocenters. The average Bonchev–Trinajstić information content (AvgIpc) is 3.04. The van der Waals surface area contributed by atoms with E-state index in [1.54, 1.807) is 0 Å². The van der Waals surface area contributed by atoms with E-state index in [0.717, 1.165) is 24.3 Å². The van der Waals surface area contributed by atoms with Crippen LogP contribution in [0.25, 0.3) is 11.0 Å². The molecule has 23 heavy (non-hydrogen) atoms. The van der Waals surface area contributed by atoms with E-state index in [1.165, 1.54) is 69.7 Å². The van der Waals surface area contributed by atoms with Gasteiger partial charge in [-0.15, -0.1) is 5.10 Å². The molecule has 0 atom stereocenters. The van der Waals surface area contributed by atoms with Crippen molar-refractivity contribution < 1.29 is 0 Å². The van der Waals surface area contributed by atoms with Gasteiger partial charge in [-0.25, -0.2) is 4.68 Å². The number of hydrogen-bond acceptors (Lipinski definition) is 3. The van der Waals surface area contributed by atoms with Crippen LogP contribution in [-0.2, 0) is 6.67 Å². The molecule has 1 aromatic carbocycles. The van der Waals surface area contributed by atoms with Gasteiger partial charge in [0.05, 0.1) is 12.2 Å². The van der Waals surface area contributed by atoms with Crippen LogP contribution in [0.4, 0.5) is 0 Å². The lowest BCUT2D eigenvalue weighted by molar-refractivity contribution is 0.0468. The molecule has 2 saturated carbocycles. The third-order valence-electron chi connectivity index (χ3n) is 5.80. The molecule has 0 N–H and O–H groups in total. The fourth-order valence-corrected chi connectivity index (χ4v) is 4.53. The second-order valence-electron chi connectivity index (χ2n) is 7.32. The van der Waals surface area contributed by atoms with Gasteiger partial charge in [0, 0.05) is 12.1 Å². The maximum absolute atomic E-state index is 4.45. The van der Waals surface area contributed by atoms with Crippen molar-refractivity contribution in [1.29, 1.82) is 0 Å². The fraction of sp³-hybridized carbons (Fsp3) is 0.684. The summed E-state index contributed by atoms with van der Waals surface area (Å²) in [5.41, 5.74) is 2.18. The number of benzene rings is 1. The lowest BCUT2D eigenvalue weighted by Gasteiger charge is -2.41. The molecule has 0 radical (unpaired) electrons. The molecule has 2 aliphatic carbocycles. The topological polar surface area (TPSA) is 34.0 Å². The molecule has 0 spiro atoms. The minimum absolute atomic E-state index is 0.745. The Kier molecular flexibility index (Phi) is 4.60. The van der Waals surface area contributed by atoms with Crippen LogP contribution in [0.3, 0.4) is 0 Å². The maximum Gasteiger partial charge on any atom is 0.113 e. The van der Waals surface area contributed by atoms with Gasteiger partial charge in [0.15, 0.2) is 0 Å². The molecule has 2 fully saturated rings. The molecule has 2 aromatic rings. The molecule has 1 heterocycles. The summed E-state index contributed by atoms with van der Waals surface area (Å²) in [6.07, 6.45) is 13.9. The van der Waals surface area contributed by atoms with Crippen molar-refractivity contribution in [1.82, 2.24) is 19.9 Å². The Labute approximate surface area is 138 Å². The van der Waals surface area contributed by atoms with Crippen LogP contribution < -0.4 is 0 Å². The van der Waals surface area contributed by atoms with Crippen molar-refractivity contribution >= 4 is 11.0 Å². The predicted octanol–water partition coefficient (Wildman–Crippen LogP) is 4.36. The first-order chi connectivity index (χ1) is 11.4. The van der Waals surface area contributed by atoms with Gasteiger partial charge < -0.3 is 0 Å². The zero-order valence-electron chi connectivity index (χ0n) is 14.0. The van der Waals surface area contributed by atoms with Gasteiger partial charge in [-0.05, 0) is 37.8 Å². The van der Waals surface area contributed by atoms with E-state index in [1.807, 2.05) is 6.07 Å². The highest BCUT2D eigenvalue weighted by Gasteiger charge is 2.29. The smallest absolute Gasteiger partial charge is 0.113 e.